The quantitative estimate of drug-likeness (QED) is 0.818. The Morgan fingerprint density at radius 1 is 1.36 bits per heavy atom. The Balaban J connectivity index is 3.01. The van der Waals surface area contributed by atoms with Crippen molar-refractivity contribution in [2.24, 2.45) is 0 Å². The zero-order valence-corrected chi connectivity index (χ0v) is 8.64. The molecule has 1 atom stereocenters. The van der Waals surface area contributed by atoms with Crippen LogP contribution in [0.25, 0.3) is 0 Å². The molecule has 0 saturated carbocycles. The summed E-state index contributed by atoms with van der Waals surface area (Å²) in [6, 6.07) is 4.67. The van der Waals surface area contributed by atoms with E-state index in [2.05, 4.69) is 15.9 Å². The minimum Gasteiger partial charge on any atom is -0.388 e. The number of aliphatic hydroxyl groups is 1. The van der Waals surface area contributed by atoms with E-state index in [0.29, 0.717) is 0 Å². The molecule has 14 heavy (non-hydrogen) atoms. The van der Waals surface area contributed by atoms with Gasteiger partial charge in [-0.15, -0.1) is 0 Å². The van der Waals surface area contributed by atoms with E-state index in [1.165, 1.54) is 12.1 Å². The van der Waals surface area contributed by atoms with Gasteiger partial charge >= 0.3 is 6.18 Å². The largest absolute Gasteiger partial charge is 0.416 e. The molecule has 1 rings (SSSR count). The van der Waals surface area contributed by atoms with E-state index >= 15 is 0 Å². The first kappa shape index (κ1) is 11.5. The van der Waals surface area contributed by atoms with Gasteiger partial charge in [-0.2, -0.15) is 13.2 Å². The molecule has 1 N–H and O–H groups in total. The van der Waals surface area contributed by atoms with Crippen molar-refractivity contribution in [2.75, 3.05) is 5.33 Å². The van der Waals surface area contributed by atoms with E-state index < -0.39 is 17.8 Å². The van der Waals surface area contributed by atoms with Crippen LogP contribution >= 0.6 is 15.9 Å². The van der Waals surface area contributed by atoms with Crippen LogP contribution in [0.5, 0.6) is 0 Å². The highest BCUT2D eigenvalue weighted by Gasteiger charge is 2.30. The van der Waals surface area contributed by atoms with Gasteiger partial charge in [0.25, 0.3) is 0 Å². The van der Waals surface area contributed by atoms with Crippen LogP contribution in [-0.4, -0.2) is 10.4 Å². The molecular formula is C9H8BrF3O. The zero-order chi connectivity index (χ0) is 10.8. The van der Waals surface area contributed by atoms with Crippen molar-refractivity contribution in [3.05, 3.63) is 35.4 Å². The summed E-state index contributed by atoms with van der Waals surface area (Å²) in [6.45, 7) is 0. The maximum absolute atomic E-state index is 12.2. The van der Waals surface area contributed by atoms with Crippen LogP contribution in [0.1, 0.15) is 17.2 Å². The van der Waals surface area contributed by atoms with Crippen molar-refractivity contribution in [2.45, 2.75) is 12.3 Å². The minimum atomic E-state index is -4.36. The maximum atomic E-state index is 12.2. The molecule has 78 valence electrons. The first-order valence-corrected chi connectivity index (χ1v) is 4.98. The summed E-state index contributed by atoms with van der Waals surface area (Å²) in [5.74, 6) is 0. The molecule has 0 heterocycles. The lowest BCUT2D eigenvalue weighted by atomic mass is 10.1. The fourth-order valence-electron chi connectivity index (χ4n) is 1.01. The topological polar surface area (TPSA) is 20.2 Å². The second kappa shape index (κ2) is 4.31. The van der Waals surface area contributed by atoms with Crippen molar-refractivity contribution < 1.29 is 18.3 Å². The number of benzene rings is 1. The van der Waals surface area contributed by atoms with Crippen LogP contribution < -0.4 is 0 Å². The summed E-state index contributed by atoms with van der Waals surface area (Å²) in [7, 11) is 0. The molecule has 0 aliphatic heterocycles. The SMILES string of the molecule is O[C@H](CBr)c1cccc(C(F)(F)F)c1. The van der Waals surface area contributed by atoms with Crippen molar-refractivity contribution in [3.8, 4) is 0 Å². The summed E-state index contributed by atoms with van der Waals surface area (Å²) in [6.07, 6.45) is -5.26. The monoisotopic (exact) mass is 268 g/mol. The lowest BCUT2D eigenvalue weighted by Gasteiger charge is -2.11. The molecule has 1 nitrogen and oxygen atoms in total. The van der Waals surface area contributed by atoms with E-state index in [4.69, 9.17) is 0 Å². The average molecular weight is 269 g/mol. The fourth-order valence-corrected chi connectivity index (χ4v) is 1.39. The number of aliphatic hydroxyl groups excluding tert-OH is 1. The number of alkyl halides is 4. The van der Waals surface area contributed by atoms with E-state index in [-0.39, 0.29) is 10.9 Å². The van der Waals surface area contributed by atoms with Crippen LogP contribution in [0.15, 0.2) is 24.3 Å². The highest BCUT2D eigenvalue weighted by Crippen LogP contribution is 2.30. The van der Waals surface area contributed by atoms with Crippen LogP contribution in [0.4, 0.5) is 13.2 Å². The molecule has 0 aliphatic carbocycles. The summed E-state index contributed by atoms with van der Waals surface area (Å²) in [5, 5.41) is 9.52. The molecule has 5 heteroatoms. The third-order valence-electron chi connectivity index (χ3n) is 1.74. The van der Waals surface area contributed by atoms with Crippen LogP contribution in [0.3, 0.4) is 0 Å². The number of halogens is 4. The molecule has 0 unspecified atom stereocenters. The van der Waals surface area contributed by atoms with Gasteiger partial charge in [0.15, 0.2) is 0 Å². The Labute approximate surface area is 87.7 Å². The fraction of sp³-hybridized carbons (Fsp3) is 0.333. The molecular weight excluding hydrogens is 261 g/mol. The lowest BCUT2D eigenvalue weighted by molar-refractivity contribution is -0.137. The van der Waals surface area contributed by atoms with Gasteiger partial charge in [0.1, 0.15) is 0 Å². The molecule has 0 aliphatic rings. The molecule has 1 aromatic rings. The van der Waals surface area contributed by atoms with Gasteiger partial charge in [0.05, 0.1) is 11.7 Å². The maximum Gasteiger partial charge on any atom is 0.416 e. The normalized spacial score (nSPS) is 14.1. The van der Waals surface area contributed by atoms with Crippen molar-refractivity contribution >= 4 is 15.9 Å². The van der Waals surface area contributed by atoms with Crippen molar-refractivity contribution in [1.82, 2.24) is 0 Å². The van der Waals surface area contributed by atoms with Crippen LogP contribution in [0.2, 0.25) is 0 Å². The van der Waals surface area contributed by atoms with Gasteiger partial charge in [-0.1, -0.05) is 28.1 Å². The molecule has 0 spiro atoms. The van der Waals surface area contributed by atoms with Crippen molar-refractivity contribution in [1.29, 1.82) is 0 Å². The van der Waals surface area contributed by atoms with Gasteiger partial charge in [-0.3, -0.25) is 0 Å². The minimum absolute atomic E-state index is 0.217. The van der Waals surface area contributed by atoms with Crippen molar-refractivity contribution in [3.63, 3.8) is 0 Å². The third kappa shape index (κ3) is 2.72. The Morgan fingerprint density at radius 3 is 2.50 bits per heavy atom. The zero-order valence-electron chi connectivity index (χ0n) is 7.05. The van der Waals surface area contributed by atoms with Crippen LogP contribution in [-0.2, 0) is 6.18 Å². The van der Waals surface area contributed by atoms with Gasteiger partial charge in [-0.25, -0.2) is 0 Å². The molecule has 0 radical (unpaired) electrons. The van der Waals surface area contributed by atoms with E-state index in [9.17, 15) is 18.3 Å². The molecule has 0 amide bonds. The van der Waals surface area contributed by atoms with E-state index in [1.54, 1.807) is 0 Å². The Hall–Kier alpha value is -0.550. The summed E-state index contributed by atoms with van der Waals surface area (Å²) >= 11 is 3.00. The highest BCUT2D eigenvalue weighted by molar-refractivity contribution is 9.09. The highest BCUT2D eigenvalue weighted by atomic mass is 79.9. The summed E-state index contributed by atoms with van der Waals surface area (Å²) < 4.78 is 36.7. The van der Waals surface area contributed by atoms with Gasteiger partial charge < -0.3 is 5.11 Å². The van der Waals surface area contributed by atoms with E-state index in [0.717, 1.165) is 12.1 Å². The first-order valence-electron chi connectivity index (χ1n) is 3.86. The first-order chi connectivity index (χ1) is 6.45. The lowest BCUT2D eigenvalue weighted by Crippen LogP contribution is -2.07. The second-order valence-corrected chi connectivity index (χ2v) is 3.44. The Morgan fingerprint density at radius 2 is 2.00 bits per heavy atom. The number of hydrogen-bond acceptors (Lipinski definition) is 1. The predicted octanol–water partition coefficient (Wildman–Crippen LogP) is 3.13. The van der Waals surface area contributed by atoms with E-state index in [1.807, 2.05) is 0 Å². The smallest absolute Gasteiger partial charge is 0.388 e. The molecule has 0 aromatic heterocycles. The standard InChI is InChI=1S/C9H8BrF3O/c10-5-8(14)6-2-1-3-7(4-6)9(11,12)13/h1-4,8,14H,5H2/t8-/m1/s1. The van der Waals surface area contributed by atoms with Gasteiger partial charge in [0.2, 0.25) is 0 Å². The molecule has 0 saturated heterocycles. The Bertz CT molecular complexity index is 311. The van der Waals surface area contributed by atoms with Gasteiger partial charge in [-0.05, 0) is 17.7 Å². The van der Waals surface area contributed by atoms with Crippen LogP contribution in [0, 0.1) is 0 Å². The average Bonchev–Trinajstić information content (AvgIpc) is 2.15. The predicted molar refractivity (Wildman–Crippen MR) is 50.2 cm³/mol. The molecule has 0 bridgehead atoms. The molecule has 0 fully saturated rings. The molecule has 1 aromatic carbocycles. The summed E-state index contributed by atoms with van der Waals surface area (Å²) in [5.41, 5.74) is -0.480. The number of hydrogen-bond donors (Lipinski definition) is 1. The Kier molecular flexibility index (Phi) is 3.55. The summed E-state index contributed by atoms with van der Waals surface area (Å²) in [4.78, 5) is 0. The third-order valence-corrected chi connectivity index (χ3v) is 2.36. The second-order valence-electron chi connectivity index (χ2n) is 2.79. The van der Waals surface area contributed by atoms with Gasteiger partial charge in [0, 0.05) is 5.33 Å². The number of rotatable bonds is 2.